The maximum atomic E-state index is 13.0. The van der Waals surface area contributed by atoms with Gasteiger partial charge >= 0.3 is 5.97 Å². The number of hydrogen-bond donors (Lipinski definition) is 6. The molecule has 31 heavy (non-hydrogen) atoms. The second kappa shape index (κ2) is 12.0. The van der Waals surface area contributed by atoms with Gasteiger partial charge in [-0.25, -0.2) is 4.79 Å². The number of carbonyl (C=O) groups is 4. The van der Waals surface area contributed by atoms with E-state index in [-0.39, 0.29) is 18.5 Å². The van der Waals surface area contributed by atoms with E-state index in [4.69, 9.17) is 5.73 Å². The quantitative estimate of drug-likeness (QED) is 0.206. The molecule has 7 N–H and O–H groups in total. The lowest BCUT2D eigenvalue weighted by atomic mass is 10.1. The average molecular weight is 442 g/mol. The van der Waals surface area contributed by atoms with Gasteiger partial charge in [0.1, 0.15) is 18.1 Å². The Morgan fingerprint density at radius 2 is 1.90 bits per heavy atom. The number of aliphatic hydroxyl groups is 1. The third-order valence-electron chi connectivity index (χ3n) is 5.82. The zero-order valence-electron chi connectivity index (χ0n) is 18.0. The zero-order chi connectivity index (χ0) is 23.0. The van der Waals surface area contributed by atoms with Gasteiger partial charge < -0.3 is 36.8 Å². The van der Waals surface area contributed by atoms with Crippen LogP contribution in [0, 0.1) is 0 Å². The van der Waals surface area contributed by atoms with Gasteiger partial charge in [0.15, 0.2) is 0 Å². The topological polar surface area (TPSA) is 174 Å². The zero-order valence-corrected chi connectivity index (χ0v) is 18.0. The maximum absolute atomic E-state index is 13.0. The van der Waals surface area contributed by atoms with Gasteiger partial charge in [0.05, 0.1) is 12.1 Å². The van der Waals surface area contributed by atoms with Crippen molar-refractivity contribution in [1.29, 1.82) is 0 Å². The predicted octanol–water partition coefficient (Wildman–Crippen LogP) is -1.71. The van der Waals surface area contributed by atoms with Gasteiger partial charge in [-0.2, -0.15) is 0 Å². The maximum Gasteiger partial charge on any atom is 0.326 e. The lowest BCUT2D eigenvalue weighted by Gasteiger charge is -2.30. The molecule has 0 aromatic carbocycles. The minimum absolute atomic E-state index is 0.249. The Kier molecular flexibility index (Phi) is 9.66. The van der Waals surface area contributed by atoms with Crippen molar-refractivity contribution in [2.75, 3.05) is 19.6 Å². The molecule has 5 unspecified atom stereocenters. The van der Waals surface area contributed by atoms with Crippen LogP contribution in [-0.4, -0.2) is 88.7 Å². The predicted molar refractivity (Wildman–Crippen MR) is 112 cm³/mol. The van der Waals surface area contributed by atoms with E-state index in [1.807, 2.05) is 0 Å². The molecule has 3 amide bonds. The molecule has 176 valence electrons. The van der Waals surface area contributed by atoms with Gasteiger partial charge in [-0.3, -0.25) is 14.4 Å². The summed E-state index contributed by atoms with van der Waals surface area (Å²) >= 11 is 0. The molecule has 2 saturated heterocycles. The number of aliphatic carboxylic acids is 1. The lowest BCUT2D eigenvalue weighted by Crippen LogP contribution is -2.59. The average Bonchev–Trinajstić information content (AvgIpc) is 3.42. The summed E-state index contributed by atoms with van der Waals surface area (Å²) in [4.78, 5) is 51.0. The smallest absolute Gasteiger partial charge is 0.326 e. The van der Waals surface area contributed by atoms with Gasteiger partial charge in [0.2, 0.25) is 17.7 Å². The Balaban J connectivity index is 2.08. The van der Waals surface area contributed by atoms with Crippen LogP contribution < -0.4 is 21.7 Å². The first-order chi connectivity index (χ1) is 14.8. The Morgan fingerprint density at radius 3 is 2.48 bits per heavy atom. The number of carboxylic acid groups (broad SMARTS) is 1. The summed E-state index contributed by atoms with van der Waals surface area (Å²) in [7, 11) is 0. The minimum atomic E-state index is -1.30. The molecule has 2 rings (SSSR count). The number of carboxylic acids is 1. The van der Waals surface area contributed by atoms with Crippen molar-refractivity contribution in [2.45, 2.75) is 82.1 Å². The summed E-state index contributed by atoms with van der Waals surface area (Å²) in [5.74, 6) is -2.63. The summed E-state index contributed by atoms with van der Waals surface area (Å²) in [5.41, 5.74) is 5.53. The van der Waals surface area contributed by atoms with E-state index >= 15 is 0 Å². The van der Waals surface area contributed by atoms with E-state index in [1.165, 1.54) is 11.8 Å². The summed E-state index contributed by atoms with van der Waals surface area (Å²) in [6, 6.07) is -3.52. The number of unbranched alkanes of at least 4 members (excludes halogenated alkanes) is 1. The summed E-state index contributed by atoms with van der Waals surface area (Å²) in [6.45, 7) is 2.80. The Bertz CT molecular complexity index is 652. The van der Waals surface area contributed by atoms with E-state index in [1.54, 1.807) is 0 Å². The van der Waals surface area contributed by atoms with E-state index in [2.05, 4.69) is 16.0 Å². The number of aliphatic hydroxyl groups excluding tert-OH is 1. The second-order valence-electron chi connectivity index (χ2n) is 8.25. The van der Waals surface area contributed by atoms with Gasteiger partial charge in [0, 0.05) is 6.54 Å². The van der Waals surface area contributed by atoms with Crippen LogP contribution in [-0.2, 0) is 19.2 Å². The first-order valence-corrected chi connectivity index (χ1v) is 11.0. The van der Waals surface area contributed by atoms with Crippen molar-refractivity contribution >= 4 is 23.7 Å². The molecule has 0 bridgehead atoms. The van der Waals surface area contributed by atoms with Crippen LogP contribution in [0.1, 0.15) is 51.9 Å². The molecule has 0 aliphatic carbocycles. The standard InChI is InChI=1S/C20H35N5O6/c1-12(26)16(19(29)25-11-5-8-15(25)20(30)31)24-18(28)14(6-2-3-9-21)23-17(27)13-7-4-10-22-13/h12-16,22,26H,2-11,21H2,1H3,(H,23,27)(H,24,28)(H,30,31). The molecule has 0 radical (unpaired) electrons. The molecule has 5 atom stereocenters. The SMILES string of the molecule is CC(O)C(NC(=O)C(CCCCN)NC(=O)C1CCCN1)C(=O)N1CCCC1C(=O)O. The highest BCUT2D eigenvalue weighted by atomic mass is 16.4. The molecule has 11 heteroatoms. The molecule has 2 aliphatic heterocycles. The van der Waals surface area contributed by atoms with E-state index in [0.29, 0.717) is 45.1 Å². The number of rotatable bonds is 11. The van der Waals surface area contributed by atoms with Crippen molar-refractivity contribution in [3.8, 4) is 0 Å². The largest absolute Gasteiger partial charge is 0.480 e. The van der Waals surface area contributed by atoms with E-state index < -0.39 is 42.0 Å². The fourth-order valence-corrected chi connectivity index (χ4v) is 4.05. The van der Waals surface area contributed by atoms with Crippen molar-refractivity contribution in [2.24, 2.45) is 5.73 Å². The van der Waals surface area contributed by atoms with Crippen LogP contribution >= 0.6 is 0 Å². The molecular formula is C20H35N5O6. The van der Waals surface area contributed by atoms with Gasteiger partial charge in [-0.15, -0.1) is 0 Å². The number of nitrogens with zero attached hydrogens (tertiary/aromatic N) is 1. The highest BCUT2D eigenvalue weighted by molar-refractivity contribution is 5.94. The van der Waals surface area contributed by atoms with Crippen molar-refractivity contribution in [1.82, 2.24) is 20.9 Å². The molecule has 11 nitrogen and oxygen atoms in total. The molecule has 0 aromatic rings. The van der Waals surface area contributed by atoms with E-state index in [9.17, 15) is 29.4 Å². The van der Waals surface area contributed by atoms with Crippen molar-refractivity contribution in [3.05, 3.63) is 0 Å². The van der Waals surface area contributed by atoms with Gasteiger partial charge in [-0.1, -0.05) is 0 Å². The monoisotopic (exact) mass is 441 g/mol. The third-order valence-corrected chi connectivity index (χ3v) is 5.82. The lowest BCUT2D eigenvalue weighted by molar-refractivity contribution is -0.150. The van der Waals surface area contributed by atoms with E-state index in [0.717, 1.165) is 13.0 Å². The van der Waals surface area contributed by atoms with Gasteiger partial charge in [0.25, 0.3) is 0 Å². The van der Waals surface area contributed by atoms with Crippen LogP contribution in [0.5, 0.6) is 0 Å². The Morgan fingerprint density at radius 1 is 1.16 bits per heavy atom. The molecule has 0 spiro atoms. The first kappa shape index (κ1) is 25.0. The van der Waals surface area contributed by atoms with Crippen LogP contribution in [0.25, 0.3) is 0 Å². The normalized spacial score (nSPS) is 23.8. The highest BCUT2D eigenvalue weighted by Crippen LogP contribution is 2.19. The van der Waals surface area contributed by atoms with Gasteiger partial charge in [-0.05, 0) is 65.0 Å². The number of nitrogens with two attached hydrogens (primary N) is 1. The van der Waals surface area contributed by atoms with Crippen LogP contribution in [0.2, 0.25) is 0 Å². The molecule has 0 saturated carbocycles. The Labute approximate surface area is 182 Å². The number of nitrogens with one attached hydrogen (secondary N) is 3. The third kappa shape index (κ3) is 6.88. The number of carbonyl (C=O) groups excluding carboxylic acids is 3. The number of hydrogen-bond acceptors (Lipinski definition) is 7. The summed E-state index contributed by atoms with van der Waals surface area (Å²) < 4.78 is 0. The fraction of sp³-hybridized carbons (Fsp3) is 0.800. The minimum Gasteiger partial charge on any atom is -0.480 e. The molecule has 2 aliphatic rings. The van der Waals surface area contributed by atoms with Crippen molar-refractivity contribution < 1.29 is 29.4 Å². The molecule has 2 fully saturated rings. The van der Waals surface area contributed by atoms with Crippen LogP contribution in [0.4, 0.5) is 0 Å². The first-order valence-electron chi connectivity index (χ1n) is 11.0. The van der Waals surface area contributed by atoms with Crippen LogP contribution in [0.15, 0.2) is 0 Å². The molecule has 2 heterocycles. The summed E-state index contributed by atoms with van der Waals surface area (Å²) in [6.07, 6.45) is 2.81. The Hall–Kier alpha value is -2.24. The fourth-order valence-electron chi connectivity index (χ4n) is 4.05. The van der Waals surface area contributed by atoms with Crippen molar-refractivity contribution in [3.63, 3.8) is 0 Å². The molecular weight excluding hydrogens is 406 g/mol. The highest BCUT2D eigenvalue weighted by Gasteiger charge is 2.40. The summed E-state index contributed by atoms with van der Waals surface area (Å²) in [5, 5.41) is 27.8. The number of amides is 3. The second-order valence-corrected chi connectivity index (χ2v) is 8.25. The van der Waals surface area contributed by atoms with Crippen LogP contribution in [0.3, 0.4) is 0 Å². The number of likely N-dealkylation sites (tertiary alicyclic amines) is 1. The molecule has 0 aromatic heterocycles.